The van der Waals surface area contributed by atoms with Crippen LogP contribution in [0.25, 0.3) is 0 Å². The average Bonchev–Trinajstić information content (AvgIpc) is 2.88. The lowest BCUT2D eigenvalue weighted by Crippen LogP contribution is -1.91. The molecule has 1 fully saturated rings. The fourth-order valence-electron chi connectivity index (χ4n) is 1.37. The summed E-state index contributed by atoms with van der Waals surface area (Å²) >= 11 is 0. The summed E-state index contributed by atoms with van der Waals surface area (Å²) in [5.74, 6) is 0.272. The molecule has 1 aliphatic rings. The maximum absolute atomic E-state index is 9.57. The summed E-state index contributed by atoms with van der Waals surface area (Å²) in [7, 11) is 0. The van der Waals surface area contributed by atoms with Gasteiger partial charge < -0.3 is 14.9 Å². The Balaban J connectivity index is 2.21. The van der Waals surface area contributed by atoms with E-state index in [1.54, 1.807) is 6.07 Å². The first-order valence-electron chi connectivity index (χ1n) is 4.35. The van der Waals surface area contributed by atoms with Gasteiger partial charge in [-0.1, -0.05) is 12.1 Å². The van der Waals surface area contributed by atoms with Gasteiger partial charge in [-0.3, -0.25) is 0 Å². The Morgan fingerprint density at radius 1 is 1.46 bits per heavy atom. The van der Waals surface area contributed by atoms with E-state index in [0.717, 1.165) is 11.1 Å². The van der Waals surface area contributed by atoms with E-state index in [9.17, 15) is 5.11 Å². The van der Waals surface area contributed by atoms with E-state index in [1.165, 1.54) is 0 Å². The molecule has 0 aromatic heterocycles. The van der Waals surface area contributed by atoms with Gasteiger partial charge in [0, 0.05) is 12.2 Å². The minimum atomic E-state index is 0.0863. The number of hydrogen-bond donors (Lipinski definition) is 2. The summed E-state index contributed by atoms with van der Waals surface area (Å²) in [5.41, 5.74) is 1.80. The van der Waals surface area contributed by atoms with Gasteiger partial charge in [-0.25, -0.2) is 0 Å². The number of ether oxygens (including phenoxy) is 1. The van der Waals surface area contributed by atoms with E-state index in [-0.39, 0.29) is 18.5 Å². The SMILES string of the molecule is OCCc1ccc(C2CO2)c(O)c1. The summed E-state index contributed by atoms with van der Waals surface area (Å²) < 4.78 is 5.07. The summed E-state index contributed by atoms with van der Waals surface area (Å²) in [6.45, 7) is 0.811. The fourth-order valence-corrected chi connectivity index (χ4v) is 1.37. The number of aliphatic hydroxyl groups excluding tert-OH is 1. The van der Waals surface area contributed by atoms with Gasteiger partial charge >= 0.3 is 0 Å². The monoisotopic (exact) mass is 180 g/mol. The number of aliphatic hydroxyl groups is 1. The van der Waals surface area contributed by atoms with Crippen LogP contribution in [0.4, 0.5) is 0 Å². The molecule has 3 nitrogen and oxygen atoms in total. The highest BCUT2D eigenvalue weighted by atomic mass is 16.6. The fraction of sp³-hybridized carbons (Fsp3) is 0.400. The second kappa shape index (κ2) is 3.36. The van der Waals surface area contributed by atoms with Gasteiger partial charge in [-0.2, -0.15) is 0 Å². The number of phenols is 1. The molecule has 0 saturated carbocycles. The van der Waals surface area contributed by atoms with Crippen LogP contribution in [0.15, 0.2) is 18.2 Å². The number of rotatable bonds is 3. The summed E-state index contributed by atoms with van der Waals surface area (Å²) in [4.78, 5) is 0. The van der Waals surface area contributed by atoms with Crippen LogP contribution in [0.2, 0.25) is 0 Å². The molecule has 2 rings (SSSR count). The van der Waals surface area contributed by atoms with Crippen molar-refractivity contribution in [2.45, 2.75) is 12.5 Å². The van der Waals surface area contributed by atoms with Gasteiger partial charge in [-0.15, -0.1) is 0 Å². The van der Waals surface area contributed by atoms with Gasteiger partial charge in [-0.05, 0) is 18.1 Å². The topological polar surface area (TPSA) is 53.0 Å². The number of benzene rings is 1. The van der Waals surface area contributed by atoms with Crippen molar-refractivity contribution in [2.24, 2.45) is 0 Å². The number of hydrogen-bond acceptors (Lipinski definition) is 3. The van der Waals surface area contributed by atoms with Crippen LogP contribution in [-0.4, -0.2) is 23.4 Å². The molecule has 1 saturated heterocycles. The Morgan fingerprint density at radius 3 is 2.77 bits per heavy atom. The van der Waals surface area contributed by atoms with Gasteiger partial charge in [0.25, 0.3) is 0 Å². The van der Waals surface area contributed by atoms with Gasteiger partial charge in [0.2, 0.25) is 0 Å². The normalized spacial score (nSPS) is 20.2. The zero-order valence-electron chi connectivity index (χ0n) is 7.23. The molecule has 1 atom stereocenters. The van der Waals surface area contributed by atoms with Crippen molar-refractivity contribution in [3.8, 4) is 5.75 Å². The molecule has 2 N–H and O–H groups in total. The summed E-state index contributed by atoms with van der Waals surface area (Å²) in [6, 6.07) is 5.46. The molecule has 3 heteroatoms. The van der Waals surface area contributed by atoms with Crippen LogP contribution in [0, 0.1) is 0 Å². The van der Waals surface area contributed by atoms with Crippen molar-refractivity contribution >= 4 is 0 Å². The second-order valence-electron chi connectivity index (χ2n) is 3.19. The molecule has 1 aromatic carbocycles. The molecule has 0 spiro atoms. The molecule has 13 heavy (non-hydrogen) atoms. The Labute approximate surface area is 76.6 Å². The highest BCUT2D eigenvalue weighted by molar-refractivity contribution is 5.39. The van der Waals surface area contributed by atoms with Crippen LogP contribution >= 0.6 is 0 Å². The third-order valence-electron chi connectivity index (χ3n) is 2.18. The molecule has 1 aromatic rings. The first-order valence-corrected chi connectivity index (χ1v) is 4.35. The van der Waals surface area contributed by atoms with Crippen molar-refractivity contribution in [1.29, 1.82) is 0 Å². The van der Waals surface area contributed by atoms with Crippen molar-refractivity contribution < 1.29 is 14.9 Å². The zero-order chi connectivity index (χ0) is 9.26. The smallest absolute Gasteiger partial charge is 0.121 e. The third kappa shape index (κ3) is 1.82. The van der Waals surface area contributed by atoms with Crippen molar-refractivity contribution in [3.05, 3.63) is 29.3 Å². The van der Waals surface area contributed by atoms with Crippen molar-refractivity contribution in [3.63, 3.8) is 0 Å². The van der Waals surface area contributed by atoms with Gasteiger partial charge in [0.1, 0.15) is 11.9 Å². The highest BCUT2D eigenvalue weighted by Gasteiger charge is 2.27. The van der Waals surface area contributed by atoms with Crippen molar-refractivity contribution in [2.75, 3.05) is 13.2 Å². The minimum Gasteiger partial charge on any atom is -0.508 e. The molecule has 0 bridgehead atoms. The first-order chi connectivity index (χ1) is 6.31. The van der Waals surface area contributed by atoms with E-state index >= 15 is 0 Å². The van der Waals surface area contributed by atoms with Crippen molar-refractivity contribution in [1.82, 2.24) is 0 Å². The average molecular weight is 180 g/mol. The van der Waals surface area contributed by atoms with Gasteiger partial charge in [0.15, 0.2) is 0 Å². The molecule has 0 aliphatic carbocycles. The van der Waals surface area contributed by atoms with Crippen LogP contribution in [0.3, 0.4) is 0 Å². The Bertz CT molecular complexity index is 305. The summed E-state index contributed by atoms with van der Waals surface area (Å²) in [5, 5.41) is 18.3. The minimum absolute atomic E-state index is 0.0863. The zero-order valence-corrected chi connectivity index (χ0v) is 7.23. The first kappa shape index (κ1) is 8.53. The quantitative estimate of drug-likeness (QED) is 0.682. The third-order valence-corrected chi connectivity index (χ3v) is 2.18. The number of aromatic hydroxyl groups is 1. The van der Waals surface area contributed by atoms with E-state index in [0.29, 0.717) is 13.0 Å². The molecule has 1 aliphatic heterocycles. The van der Waals surface area contributed by atoms with E-state index in [2.05, 4.69) is 0 Å². The van der Waals surface area contributed by atoms with Crippen LogP contribution in [0.1, 0.15) is 17.2 Å². The molecule has 1 heterocycles. The lowest BCUT2D eigenvalue weighted by atomic mass is 10.1. The van der Waals surface area contributed by atoms with Gasteiger partial charge in [0.05, 0.1) is 6.61 Å². The second-order valence-corrected chi connectivity index (χ2v) is 3.19. The molecular weight excluding hydrogens is 168 g/mol. The van der Waals surface area contributed by atoms with Crippen LogP contribution in [-0.2, 0) is 11.2 Å². The predicted molar refractivity (Wildman–Crippen MR) is 47.6 cm³/mol. The Hall–Kier alpha value is -1.06. The van der Waals surface area contributed by atoms with Crippen LogP contribution in [0.5, 0.6) is 5.75 Å². The van der Waals surface area contributed by atoms with Crippen LogP contribution < -0.4 is 0 Å². The van der Waals surface area contributed by atoms with E-state index in [4.69, 9.17) is 9.84 Å². The largest absolute Gasteiger partial charge is 0.508 e. The number of phenolic OH excluding ortho intramolecular Hbond substituents is 1. The lowest BCUT2D eigenvalue weighted by Gasteiger charge is -2.03. The lowest BCUT2D eigenvalue weighted by molar-refractivity contribution is 0.299. The Kier molecular flexibility index (Phi) is 2.20. The molecule has 70 valence electrons. The standard InChI is InChI=1S/C10H12O3/c11-4-3-7-1-2-8(9(12)5-7)10-6-13-10/h1-2,5,10-12H,3-4,6H2. The molecule has 0 radical (unpaired) electrons. The summed E-state index contributed by atoms with van der Waals surface area (Å²) in [6.07, 6.45) is 0.669. The predicted octanol–water partition coefficient (Wildman–Crippen LogP) is 0.998. The maximum Gasteiger partial charge on any atom is 0.121 e. The highest BCUT2D eigenvalue weighted by Crippen LogP contribution is 2.35. The molecule has 0 amide bonds. The molecular formula is C10H12O3. The Morgan fingerprint density at radius 2 is 2.23 bits per heavy atom. The number of epoxide rings is 1. The van der Waals surface area contributed by atoms with E-state index < -0.39 is 0 Å². The van der Waals surface area contributed by atoms with E-state index in [1.807, 2.05) is 12.1 Å². The maximum atomic E-state index is 9.57. The molecule has 1 unspecified atom stereocenters.